The van der Waals surface area contributed by atoms with Gasteiger partial charge in [-0.1, -0.05) is 35.9 Å². The zero-order valence-electron chi connectivity index (χ0n) is 15.6. The molecule has 2 amide bonds. The molecule has 0 aliphatic heterocycles. The van der Waals surface area contributed by atoms with E-state index in [1.54, 1.807) is 36.4 Å². The minimum absolute atomic E-state index is 0.0588. The van der Waals surface area contributed by atoms with Gasteiger partial charge in [0.15, 0.2) is 5.78 Å². The zero-order valence-corrected chi connectivity index (χ0v) is 15.6. The van der Waals surface area contributed by atoms with Crippen LogP contribution < -0.4 is 15.4 Å². The van der Waals surface area contributed by atoms with Crippen LogP contribution in [0.25, 0.3) is 0 Å². The minimum atomic E-state index is -0.238. The highest BCUT2D eigenvalue weighted by Gasteiger charge is 2.10. The van der Waals surface area contributed by atoms with E-state index in [1.165, 1.54) is 7.11 Å². The number of benzene rings is 2. The third-order valence-corrected chi connectivity index (χ3v) is 4.02. The number of amides is 2. The van der Waals surface area contributed by atoms with Crippen LogP contribution >= 0.6 is 0 Å². The van der Waals surface area contributed by atoms with E-state index in [-0.39, 0.29) is 30.4 Å². The van der Waals surface area contributed by atoms with Crippen LogP contribution in [0.1, 0.15) is 39.1 Å². The van der Waals surface area contributed by atoms with Crippen molar-refractivity contribution in [3.05, 3.63) is 65.2 Å². The van der Waals surface area contributed by atoms with Crippen LogP contribution in [0.15, 0.2) is 48.5 Å². The molecule has 6 heteroatoms. The maximum Gasteiger partial charge on any atom is 0.251 e. The Bertz CT molecular complexity index is 800. The fraction of sp³-hybridized carbons (Fsp3) is 0.286. The maximum absolute atomic E-state index is 12.0. The van der Waals surface area contributed by atoms with Crippen molar-refractivity contribution in [2.75, 3.05) is 20.2 Å². The molecule has 0 aliphatic carbocycles. The van der Waals surface area contributed by atoms with Gasteiger partial charge in [0.05, 0.1) is 7.11 Å². The lowest BCUT2D eigenvalue weighted by Crippen LogP contribution is -2.34. The summed E-state index contributed by atoms with van der Waals surface area (Å²) in [5.41, 5.74) is 2.18. The molecule has 2 aromatic carbocycles. The second kappa shape index (κ2) is 10.1. The number of rotatable bonds is 9. The molecule has 0 atom stereocenters. The summed E-state index contributed by atoms with van der Waals surface area (Å²) >= 11 is 0. The predicted molar refractivity (Wildman–Crippen MR) is 103 cm³/mol. The van der Waals surface area contributed by atoms with E-state index in [4.69, 9.17) is 4.74 Å². The third kappa shape index (κ3) is 6.58. The second-order valence-corrected chi connectivity index (χ2v) is 6.13. The summed E-state index contributed by atoms with van der Waals surface area (Å²) in [5.74, 6) is 0.0921. The van der Waals surface area contributed by atoms with Gasteiger partial charge in [-0.25, -0.2) is 0 Å². The second-order valence-electron chi connectivity index (χ2n) is 6.13. The van der Waals surface area contributed by atoms with E-state index in [0.29, 0.717) is 30.0 Å². The van der Waals surface area contributed by atoms with Gasteiger partial charge < -0.3 is 15.4 Å². The minimum Gasteiger partial charge on any atom is -0.497 e. The normalized spacial score (nSPS) is 10.1. The fourth-order valence-corrected chi connectivity index (χ4v) is 2.44. The zero-order chi connectivity index (χ0) is 19.6. The molecule has 0 saturated carbocycles. The Kier molecular flexibility index (Phi) is 7.55. The van der Waals surface area contributed by atoms with Crippen molar-refractivity contribution in [1.82, 2.24) is 10.6 Å². The summed E-state index contributed by atoms with van der Waals surface area (Å²) in [5, 5.41) is 5.42. The summed E-state index contributed by atoms with van der Waals surface area (Å²) in [6, 6.07) is 14.1. The highest BCUT2D eigenvalue weighted by molar-refractivity contribution is 5.98. The van der Waals surface area contributed by atoms with Crippen LogP contribution in [-0.2, 0) is 4.79 Å². The Morgan fingerprint density at radius 1 is 0.889 bits per heavy atom. The van der Waals surface area contributed by atoms with Gasteiger partial charge in [0.1, 0.15) is 5.75 Å². The van der Waals surface area contributed by atoms with Crippen LogP contribution in [0.5, 0.6) is 5.75 Å². The van der Waals surface area contributed by atoms with Crippen LogP contribution in [0.3, 0.4) is 0 Å². The first-order valence-electron chi connectivity index (χ1n) is 8.78. The SMILES string of the molecule is COc1cccc(C(=O)NCCNC(=O)CCC(=O)c2ccc(C)cc2)c1. The number of carbonyl (C=O) groups excluding carboxylic acids is 3. The van der Waals surface area contributed by atoms with Crippen LogP contribution in [-0.4, -0.2) is 37.8 Å². The Labute approximate surface area is 158 Å². The van der Waals surface area contributed by atoms with Crippen molar-refractivity contribution in [2.24, 2.45) is 0 Å². The van der Waals surface area contributed by atoms with E-state index in [0.717, 1.165) is 5.56 Å². The third-order valence-electron chi connectivity index (χ3n) is 4.02. The molecule has 2 aromatic rings. The summed E-state index contributed by atoms with van der Waals surface area (Å²) in [6.07, 6.45) is 0.279. The van der Waals surface area contributed by atoms with Gasteiger partial charge in [-0.3, -0.25) is 14.4 Å². The lowest BCUT2D eigenvalue weighted by Gasteiger charge is -2.08. The Hall–Kier alpha value is -3.15. The van der Waals surface area contributed by atoms with Crippen LogP contribution in [0, 0.1) is 6.92 Å². The number of ether oxygens (including phenoxy) is 1. The number of methoxy groups -OCH3 is 1. The van der Waals surface area contributed by atoms with E-state index < -0.39 is 0 Å². The first-order chi connectivity index (χ1) is 13.0. The molecule has 0 saturated heterocycles. The van der Waals surface area contributed by atoms with E-state index in [2.05, 4.69) is 10.6 Å². The molecule has 2 N–H and O–H groups in total. The van der Waals surface area contributed by atoms with Crippen molar-refractivity contribution < 1.29 is 19.1 Å². The van der Waals surface area contributed by atoms with Gasteiger partial charge in [0.2, 0.25) is 5.91 Å². The van der Waals surface area contributed by atoms with Gasteiger partial charge >= 0.3 is 0 Å². The standard InChI is InChI=1S/C21H24N2O4/c1-15-6-8-16(9-7-15)19(24)10-11-20(25)22-12-13-23-21(26)17-4-3-5-18(14-17)27-2/h3-9,14H,10-13H2,1-2H3,(H,22,25)(H,23,26). The number of hydrogen-bond donors (Lipinski definition) is 2. The average Bonchev–Trinajstić information content (AvgIpc) is 2.69. The van der Waals surface area contributed by atoms with E-state index >= 15 is 0 Å². The molecule has 0 aromatic heterocycles. The quantitative estimate of drug-likeness (QED) is 0.526. The molecule has 0 aliphatic rings. The van der Waals surface area contributed by atoms with E-state index in [9.17, 15) is 14.4 Å². The molecule has 0 fully saturated rings. The molecular weight excluding hydrogens is 344 g/mol. The van der Waals surface area contributed by atoms with Gasteiger partial charge in [-0.15, -0.1) is 0 Å². The van der Waals surface area contributed by atoms with Crippen LogP contribution in [0.2, 0.25) is 0 Å². The van der Waals surface area contributed by atoms with Crippen molar-refractivity contribution in [2.45, 2.75) is 19.8 Å². The molecule has 0 spiro atoms. The molecule has 0 heterocycles. The predicted octanol–water partition coefficient (Wildman–Crippen LogP) is 2.51. The summed E-state index contributed by atoms with van der Waals surface area (Å²) in [6.45, 7) is 2.55. The molecule has 142 valence electrons. The summed E-state index contributed by atoms with van der Waals surface area (Å²) < 4.78 is 5.08. The highest BCUT2D eigenvalue weighted by atomic mass is 16.5. The largest absolute Gasteiger partial charge is 0.497 e. The molecular formula is C21H24N2O4. The van der Waals surface area contributed by atoms with Gasteiger partial charge in [0, 0.05) is 37.1 Å². The van der Waals surface area contributed by atoms with Gasteiger partial charge in [-0.05, 0) is 25.1 Å². The molecule has 0 unspecified atom stereocenters. The van der Waals surface area contributed by atoms with Crippen molar-refractivity contribution in [3.8, 4) is 5.75 Å². The molecule has 27 heavy (non-hydrogen) atoms. The highest BCUT2D eigenvalue weighted by Crippen LogP contribution is 2.12. The van der Waals surface area contributed by atoms with E-state index in [1.807, 2.05) is 19.1 Å². The van der Waals surface area contributed by atoms with Crippen LogP contribution in [0.4, 0.5) is 0 Å². The smallest absolute Gasteiger partial charge is 0.251 e. The maximum atomic E-state index is 12.0. The Morgan fingerprint density at radius 2 is 1.59 bits per heavy atom. The molecule has 0 radical (unpaired) electrons. The number of hydrogen-bond acceptors (Lipinski definition) is 4. The average molecular weight is 368 g/mol. The summed E-state index contributed by atoms with van der Waals surface area (Å²) in [7, 11) is 1.54. The first-order valence-corrected chi connectivity index (χ1v) is 8.78. The molecule has 6 nitrogen and oxygen atoms in total. The Morgan fingerprint density at radius 3 is 2.30 bits per heavy atom. The number of nitrogens with one attached hydrogen (secondary N) is 2. The fourth-order valence-electron chi connectivity index (χ4n) is 2.44. The number of Topliss-reactive ketones (excluding diaryl/α,β-unsaturated/α-hetero) is 1. The lowest BCUT2D eigenvalue weighted by atomic mass is 10.1. The lowest BCUT2D eigenvalue weighted by molar-refractivity contribution is -0.121. The number of aryl methyl sites for hydroxylation is 1. The molecule has 0 bridgehead atoms. The van der Waals surface area contributed by atoms with Crippen molar-refractivity contribution in [3.63, 3.8) is 0 Å². The number of carbonyl (C=O) groups is 3. The monoisotopic (exact) mass is 368 g/mol. The summed E-state index contributed by atoms with van der Waals surface area (Å²) in [4.78, 5) is 35.9. The van der Waals surface area contributed by atoms with Crippen molar-refractivity contribution >= 4 is 17.6 Å². The molecule has 2 rings (SSSR count). The Balaban J connectivity index is 1.66. The van der Waals surface area contributed by atoms with Gasteiger partial charge in [-0.2, -0.15) is 0 Å². The van der Waals surface area contributed by atoms with Gasteiger partial charge in [0.25, 0.3) is 5.91 Å². The topological polar surface area (TPSA) is 84.5 Å². The first kappa shape index (κ1) is 20.2. The number of ketones is 1. The van der Waals surface area contributed by atoms with Crippen molar-refractivity contribution in [1.29, 1.82) is 0 Å².